The van der Waals surface area contributed by atoms with Crippen LogP contribution in [-0.4, -0.2) is 45.6 Å². The van der Waals surface area contributed by atoms with Crippen LogP contribution in [0.1, 0.15) is 45.4 Å². The van der Waals surface area contributed by atoms with E-state index in [0.29, 0.717) is 6.42 Å². The van der Waals surface area contributed by atoms with Gasteiger partial charge in [0.1, 0.15) is 5.82 Å². The molecular formula is C18H26N4O3. The molecule has 1 aliphatic carbocycles. The van der Waals surface area contributed by atoms with Crippen LogP contribution in [-0.2, 0) is 9.59 Å². The van der Waals surface area contributed by atoms with Crippen LogP contribution in [0.2, 0.25) is 0 Å². The van der Waals surface area contributed by atoms with Gasteiger partial charge in [0, 0.05) is 31.4 Å². The SMILES string of the molecule is CC1(NC(=O)C2CCN(c3cnccn3)CC2)CCCCC1C(=O)O. The molecule has 1 saturated carbocycles. The van der Waals surface area contributed by atoms with Gasteiger partial charge in [0.15, 0.2) is 0 Å². The van der Waals surface area contributed by atoms with E-state index in [1.807, 2.05) is 6.92 Å². The van der Waals surface area contributed by atoms with Crippen LogP contribution in [0.4, 0.5) is 5.82 Å². The van der Waals surface area contributed by atoms with Crippen molar-refractivity contribution in [1.29, 1.82) is 0 Å². The standard InChI is InChI=1S/C18H26N4O3/c1-18(7-3-2-4-14(18)17(24)25)21-16(23)13-5-10-22(11-6-13)15-12-19-8-9-20-15/h8-9,12-14H,2-7,10-11H2,1H3,(H,21,23)(H,24,25). The van der Waals surface area contributed by atoms with Crippen LogP contribution in [0.15, 0.2) is 18.6 Å². The molecule has 7 heteroatoms. The first kappa shape index (κ1) is 17.6. The third-order valence-corrected chi connectivity index (χ3v) is 5.65. The lowest BCUT2D eigenvalue weighted by molar-refractivity contribution is -0.147. The van der Waals surface area contributed by atoms with E-state index in [0.717, 1.165) is 51.0 Å². The van der Waals surface area contributed by atoms with Crippen molar-refractivity contribution in [3.05, 3.63) is 18.6 Å². The molecular weight excluding hydrogens is 320 g/mol. The predicted molar refractivity (Wildman–Crippen MR) is 93.1 cm³/mol. The zero-order valence-corrected chi connectivity index (χ0v) is 14.6. The zero-order valence-electron chi connectivity index (χ0n) is 14.6. The van der Waals surface area contributed by atoms with Gasteiger partial charge in [-0.25, -0.2) is 4.98 Å². The van der Waals surface area contributed by atoms with Crippen LogP contribution >= 0.6 is 0 Å². The Kier molecular flexibility index (Phi) is 5.20. The maximum atomic E-state index is 12.7. The molecule has 2 atom stereocenters. The molecule has 2 aliphatic rings. The molecule has 1 amide bonds. The van der Waals surface area contributed by atoms with Gasteiger partial charge < -0.3 is 15.3 Å². The minimum Gasteiger partial charge on any atom is -0.481 e. The summed E-state index contributed by atoms with van der Waals surface area (Å²) < 4.78 is 0. The van der Waals surface area contributed by atoms with Gasteiger partial charge in [0.25, 0.3) is 0 Å². The highest BCUT2D eigenvalue weighted by Crippen LogP contribution is 2.34. The monoisotopic (exact) mass is 346 g/mol. The van der Waals surface area contributed by atoms with Crippen molar-refractivity contribution < 1.29 is 14.7 Å². The summed E-state index contributed by atoms with van der Waals surface area (Å²) in [6.45, 7) is 3.41. The number of carbonyl (C=O) groups excluding carboxylic acids is 1. The Bertz CT molecular complexity index is 616. The van der Waals surface area contributed by atoms with Gasteiger partial charge in [0.2, 0.25) is 5.91 Å². The number of anilines is 1. The predicted octanol–water partition coefficient (Wildman–Crippen LogP) is 1.84. The maximum Gasteiger partial charge on any atom is 0.308 e. The molecule has 0 aromatic carbocycles. The van der Waals surface area contributed by atoms with Crippen molar-refractivity contribution in [2.75, 3.05) is 18.0 Å². The van der Waals surface area contributed by atoms with E-state index in [1.54, 1.807) is 18.6 Å². The number of nitrogens with zero attached hydrogens (tertiary/aromatic N) is 3. The summed E-state index contributed by atoms with van der Waals surface area (Å²) in [5, 5.41) is 12.6. The van der Waals surface area contributed by atoms with Crippen LogP contribution in [0.5, 0.6) is 0 Å². The number of carbonyl (C=O) groups is 2. The molecule has 0 spiro atoms. The van der Waals surface area contributed by atoms with Crippen LogP contribution in [0.25, 0.3) is 0 Å². The van der Waals surface area contributed by atoms with Gasteiger partial charge in [-0.2, -0.15) is 0 Å². The van der Waals surface area contributed by atoms with Crippen molar-refractivity contribution in [3.63, 3.8) is 0 Å². The molecule has 0 bridgehead atoms. The van der Waals surface area contributed by atoms with Crippen molar-refractivity contribution in [2.45, 2.75) is 51.0 Å². The maximum absolute atomic E-state index is 12.7. The van der Waals surface area contributed by atoms with Crippen molar-refractivity contribution in [2.24, 2.45) is 11.8 Å². The normalized spacial score (nSPS) is 27.7. The number of rotatable bonds is 4. The average Bonchev–Trinajstić information content (AvgIpc) is 2.62. The van der Waals surface area contributed by atoms with Gasteiger partial charge in [0.05, 0.1) is 17.7 Å². The molecule has 2 N–H and O–H groups in total. The second-order valence-corrected chi connectivity index (χ2v) is 7.37. The second kappa shape index (κ2) is 7.37. The number of amides is 1. The third-order valence-electron chi connectivity index (χ3n) is 5.65. The van der Waals surface area contributed by atoms with Gasteiger partial charge in [-0.05, 0) is 32.6 Å². The second-order valence-electron chi connectivity index (χ2n) is 7.37. The van der Waals surface area contributed by atoms with Gasteiger partial charge >= 0.3 is 5.97 Å². The summed E-state index contributed by atoms with van der Waals surface area (Å²) in [5.74, 6) is -0.535. The molecule has 136 valence electrons. The number of aromatic nitrogens is 2. The first-order valence-electron chi connectivity index (χ1n) is 9.05. The molecule has 0 radical (unpaired) electrons. The van der Waals surface area contributed by atoms with E-state index < -0.39 is 17.4 Å². The number of hydrogen-bond donors (Lipinski definition) is 2. The van der Waals surface area contributed by atoms with Crippen LogP contribution in [0, 0.1) is 11.8 Å². The lowest BCUT2D eigenvalue weighted by Crippen LogP contribution is -2.57. The third kappa shape index (κ3) is 3.91. The Hall–Kier alpha value is -2.18. The molecule has 2 fully saturated rings. The van der Waals surface area contributed by atoms with Crippen molar-refractivity contribution in [3.8, 4) is 0 Å². The largest absolute Gasteiger partial charge is 0.481 e. The number of nitrogens with one attached hydrogen (secondary N) is 1. The smallest absolute Gasteiger partial charge is 0.308 e. The molecule has 25 heavy (non-hydrogen) atoms. The molecule has 1 aromatic rings. The molecule has 2 unspecified atom stereocenters. The number of piperidine rings is 1. The van der Waals surface area contributed by atoms with Crippen molar-refractivity contribution >= 4 is 17.7 Å². The van der Waals surface area contributed by atoms with E-state index in [2.05, 4.69) is 20.2 Å². The number of carboxylic acids is 1. The first-order chi connectivity index (χ1) is 12.0. The minimum atomic E-state index is -0.806. The number of aliphatic carboxylic acids is 1. The van der Waals surface area contributed by atoms with E-state index in [1.165, 1.54) is 0 Å². The van der Waals surface area contributed by atoms with Crippen LogP contribution in [0.3, 0.4) is 0 Å². The number of carboxylic acid groups (broad SMARTS) is 1. The molecule has 3 rings (SSSR count). The fourth-order valence-electron chi connectivity index (χ4n) is 4.09. The summed E-state index contributed by atoms with van der Waals surface area (Å²) >= 11 is 0. The summed E-state index contributed by atoms with van der Waals surface area (Å²) in [4.78, 5) is 34.8. The highest BCUT2D eigenvalue weighted by molar-refractivity contribution is 5.81. The summed E-state index contributed by atoms with van der Waals surface area (Å²) in [5.41, 5.74) is -0.636. The Balaban J connectivity index is 1.58. The molecule has 1 aliphatic heterocycles. The Morgan fingerprint density at radius 3 is 2.64 bits per heavy atom. The van der Waals surface area contributed by atoms with E-state index in [-0.39, 0.29) is 11.8 Å². The van der Waals surface area contributed by atoms with Gasteiger partial charge in [-0.1, -0.05) is 12.8 Å². The lowest BCUT2D eigenvalue weighted by Gasteiger charge is -2.41. The minimum absolute atomic E-state index is 0.00514. The number of hydrogen-bond acceptors (Lipinski definition) is 5. The van der Waals surface area contributed by atoms with Crippen molar-refractivity contribution in [1.82, 2.24) is 15.3 Å². The highest BCUT2D eigenvalue weighted by Gasteiger charge is 2.43. The summed E-state index contributed by atoms with van der Waals surface area (Å²) in [6.07, 6.45) is 9.79. The van der Waals surface area contributed by atoms with Gasteiger partial charge in [-0.15, -0.1) is 0 Å². The van der Waals surface area contributed by atoms with E-state index >= 15 is 0 Å². The quantitative estimate of drug-likeness (QED) is 0.864. The Morgan fingerprint density at radius 1 is 1.24 bits per heavy atom. The lowest BCUT2D eigenvalue weighted by atomic mass is 9.73. The Labute approximate surface area is 147 Å². The van der Waals surface area contributed by atoms with Crippen LogP contribution < -0.4 is 10.2 Å². The van der Waals surface area contributed by atoms with Gasteiger partial charge in [-0.3, -0.25) is 14.6 Å². The fourth-order valence-corrected chi connectivity index (χ4v) is 4.09. The highest BCUT2D eigenvalue weighted by atomic mass is 16.4. The zero-order chi connectivity index (χ0) is 17.9. The molecule has 1 aromatic heterocycles. The topological polar surface area (TPSA) is 95.4 Å². The molecule has 2 heterocycles. The molecule has 1 saturated heterocycles. The Morgan fingerprint density at radius 2 is 2.00 bits per heavy atom. The van der Waals surface area contributed by atoms with E-state index in [4.69, 9.17) is 0 Å². The molecule has 7 nitrogen and oxygen atoms in total. The first-order valence-corrected chi connectivity index (χ1v) is 9.05. The van der Waals surface area contributed by atoms with E-state index in [9.17, 15) is 14.7 Å². The average molecular weight is 346 g/mol. The summed E-state index contributed by atoms with van der Waals surface area (Å²) in [7, 11) is 0. The summed E-state index contributed by atoms with van der Waals surface area (Å²) in [6, 6.07) is 0. The fraction of sp³-hybridized carbons (Fsp3) is 0.667.